The molecule has 0 aromatic carbocycles. The van der Waals surface area contributed by atoms with Crippen LogP contribution in [0.15, 0.2) is 0 Å². The van der Waals surface area contributed by atoms with E-state index in [1.165, 1.54) is 0 Å². The second-order valence-corrected chi connectivity index (χ2v) is 3.81. The maximum Gasteiger partial charge on any atom is 0.308 e. The molecular weight excluding hydrogens is 178 g/mol. The van der Waals surface area contributed by atoms with Crippen molar-refractivity contribution in [1.82, 2.24) is 4.90 Å². The first-order chi connectivity index (χ1) is 6.77. The minimum Gasteiger partial charge on any atom is -0.466 e. The molecule has 3 nitrogen and oxygen atoms in total. The fourth-order valence-electron chi connectivity index (χ4n) is 1.97. The first-order valence-corrected chi connectivity index (χ1v) is 5.66. The van der Waals surface area contributed by atoms with Gasteiger partial charge < -0.3 is 9.64 Å². The van der Waals surface area contributed by atoms with E-state index in [9.17, 15) is 4.79 Å². The van der Waals surface area contributed by atoms with Crippen LogP contribution in [0.25, 0.3) is 0 Å². The average Bonchev–Trinajstić information content (AvgIpc) is 2.42. The van der Waals surface area contributed by atoms with Crippen molar-refractivity contribution < 1.29 is 9.53 Å². The van der Waals surface area contributed by atoms with Gasteiger partial charge in [0.2, 0.25) is 0 Å². The summed E-state index contributed by atoms with van der Waals surface area (Å²) in [7, 11) is 0. The number of rotatable bonds is 3. The molecule has 14 heavy (non-hydrogen) atoms. The Morgan fingerprint density at radius 1 is 1.36 bits per heavy atom. The van der Waals surface area contributed by atoms with Crippen LogP contribution in [-0.4, -0.2) is 37.1 Å². The average molecular weight is 199 g/mol. The quantitative estimate of drug-likeness (QED) is 0.648. The third kappa shape index (κ3) is 3.29. The summed E-state index contributed by atoms with van der Waals surface area (Å²) in [4.78, 5) is 13.9. The summed E-state index contributed by atoms with van der Waals surface area (Å²) in [6.07, 6.45) is 3.08. The molecule has 0 amide bonds. The Morgan fingerprint density at radius 2 is 2.14 bits per heavy atom. The van der Waals surface area contributed by atoms with Gasteiger partial charge in [-0.05, 0) is 45.8 Å². The summed E-state index contributed by atoms with van der Waals surface area (Å²) in [5.74, 6) is 0.150. The summed E-state index contributed by atoms with van der Waals surface area (Å²) >= 11 is 0. The van der Waals surface area contributed by atoms with E-state index in [4.69, 9.17) is 4.74 Å². The van der Waals surface area contributed by atoms with E-state index in [1.807, 2.05) is 6.92 Å². The molecule has 1 unspecified atom stereocenters. The fraction of sp³-hybridized carbons (Fsp3) is 0.909. The van der Waals surface area contributed by atoms with Gasteiger partial charge in [0.05, 0.1) is 12.5 Å². The van der Waals surface area contributed by atoms with Crippen molar-refractivity contribution in [3.05, 3.63) is 0 Å². The van der Waals surface area contributed by atoms with Gasteiger partial charge in [-0.2, -0.15) is 0 Å². The van der Waals surface area contributed by atoms with Gasteiger partial charge in [-0.1, -0.05) is 6.92 Å². The summed E-state index contributed by atoms with van der Waals surface area (Å²) in [6, 6.07) is 0. The summed E-state index contributed by atoms with van der Waals surface area (Å²) in [6.45, 7) is 7.81. The molecule has 0 saturated carbocycles. The molecule has 1 aliphatic heterocycles. The van der Waals surface area contributed by atoms with Crippen molar-refractivity contribution in [1.29, 1.82) is 0 Å². The molecule has 0 spiro atoms. The van der Waals surface area contributed by atoms with Crippen LogP contribution < -0.4 is 0 Å². The van der Waals surface area contributed by atoms with Crippen LogP contribution in [0, 0.1) is 5.92 Å². The predicted molar refractivity (Wildman–Crippen MR) is 56.1 cm³/mol. The first kappa shape index (κ1) is 11.5. The molecule has 0 N–H and O–H groups in total. The van der Waals surface area contributed by atoms with Gasteiger partial charge in [0.25, 0.3) is 0 Å². The number of nitrogens with zero attached hydrogens (tertiary/aromatic N) is 1. The van der Waals surface area contributed by atoms with Crippen LogP contribution in [0.4, 0.5) is 0 Å². The molecule has 0 aromatic rings. The van der Waals surface area contributed by atoms with Crippen LogP contribution in [0.1, 0.15) is 33.1 Å². The van der Waals surface area contributed by atoms with Crippen molar-refractivity contribution in [3.63, 3.8) is 0 Å². The van der Waals surface area contributed by atoms with E-state index >= 15 is 0 Å². The van der Waals surface area contributed by atoms with Crippen LogP contribution in [-0.2, 0) is 9.53 Å². The SMILES string of the molecule is CCOC(=O)C1CCCN(CC)CC1. The highest BCUT2D eigenvalue weighted by molar-refractivity contribution is 5.72. The highest BCUT2D eigenvalue weighted by Crippen LogP contribution is 2.18. The lowest BCUT2D eigenvalue weighted by Crippen LogP contribution is -2.25. The Labute approximate surface area is 86.4 Å². The van der Waals surface area contributed by atoms with Crippen LogP contribution in [0.3, 0.4) is 0 Å². The number of likely N-dealkylation sites (tertiary alicyclic amines) is 1. The van der Waals surface area contributed by atoms with Crippen LogP contribution >= 0.6 is 0 Å². The van der Waals surface area contributed by atoms with Gasteiger partial charge in [0.1, 0.15) is 0 Å². The van der Waals surface area contributed by atoms with E-state index in [0.717, 1.165) is 38.9 Å². The minimum absolute atomic E-state index is 0.00505. The number of esters is 1. The highest BCUT2D eigenvalue weighted by Gasteiger charge is 2.22. The number of hydrogen-bond acceptors (Lipinski definition) is 3. The molecule has 1 rings (SSSR count). The van der Waals surface area contributed by atoms with Gasteiger partial charge in [0, 0.05) is 0 Å². The van der Waals surface area contributed by atoms with Crippen molar-refractivity contribution in [2.75, 3.05) is 26.2 Å². The molecule has 1 fully saturated rings. The molecule has 1 heterocycles. The molecule has 1 aliphatic rings. The van der Waals surface area contributed by atoms with Gasteiger partial charge in [0.15, 0.2) is 0 Å². The van der Waals surface area contributed by atoms with E-state index in [0.29, 0.717) is 6.61 Å². The summed E-state index contributed by atoms with van der Waals surface area (Å²) in [5.41, 5.74) is 0. The fourth-order valence-corrected chi connectivity index (χ4v) is 1.97. The summed E-state index contributed by atoms with van der Waals surface area (Å²) < 4.78 is 5.05. The zero-order valence-corrected chi connectivity index (χ0v) is 9.29. The monoisotopic (exact) mass is 199 g/mol. The smallest absolute Gasteiger partial charge is 0.308 e. The van der Waals surface area contributed by atoms with Crippen molar-refractivity contribution >= 4 is 5.97 Å². The number of hydrogen-bond donors (Lipinski definition) is 0. The Balaban J connectivity index is 2.37. The minimum atomic E-state index is 0.00505. The molecule has 0 bridgehead atoms. The summed E-state index contributed by atoms with van der Waals surface area (Å²) in [5, 5.41) is 0. The Kier molecular flexibility index (Phi) is 4.94. The Morgan fingerprint density at radius 3 is 2.79 bits per heavy atom. The van der Waals surface area contributed by atoms with E-state index in [2.05, 4.69) is 11.8 Å². The molecule has 0 radical (unpaired) electrons. The van der Waals surface area contributed by atoms with Crippen molar-refractivity contribution in [2.24, 2.45) is 5.92 Å². The van der Waals surface area contributed by atoms with Gasteiger partial charge in [-0.25, -0.2) is 0 Å². The second kappa shape index (κ2) is 6.02. The molecule has 0 aromatic heterocycles. The number of carbonyl (C=O) groups excluding carboxylic acids is 1. The van der Waals surface area contributed by atoms with E-state index in [-0.39, 0.29) is 11.9 Å². The molecule has 0 aliphatic carbocycles. The Hall–Kier alpha value is -0.570. The van der Waals surface area contributed by atoms with Gasteiger partial charge in [-0.3, -0.25) is 4.79 Å². The zero-order valence-electron chi connectivity index (χ0n) is 9.29. The molecule has 1 saturated heterocycles. The third-order valence-electron chi connectivity index (χ3n) is 2.89. The maximum atomic E-state index is 11.5. The lowest BCUT2D eigenvalue weighted by molar-refractivity contribution is -0.148. The number of ether oxygens (including phenoxy) is 1. The van der Waals surface area contributed by atoms with Crippen molar-refractivity contribution in [3.8, 4) is 0 Å². The second-order valence-electron chi connectivity index (χ2n) is 3.81. The van der Waals surface area contributed by atoms with E-state index in [1.54, 1.807) is 0 Å². The molecule has 82 valence electrons. The zero-order chi connectivity index (χ0) is 10.4. The maximum absolute atomic E-state index is 11.5. The molecular formula is C11H21NO2. The normalized spacial score (nSPS) is 24.3. The van der Waals surface area contributed by atoms with Crippen LogP contribution in [0.2, 0.25) is 0 Å². The standard InChI is InChI=1S/C11H21NO2/c1-3-12-8-5-6-10(7-9-12)11(13)14-4-2/h10H,3-9H2,1-2H3. The highest BCUT2D eigenvalue weighted by atomic mass is 16.5. The van der Waals surface area contributed by atoms with Crippen LogP contribution in [0.5, 0.6) is 0 Å². The van der Waals surface area contributed by atoms with Gasteiger partial charge >= 0.3 is 5.97 Å². The first-order valence-electron chi connectivity index (χ1n) is 5.66. The molecule has 1 atom stereocenters. The predicted octanol–water partition coefficient (Wildman–Crippen LogP) is 1.67. The molecule has 3 heteroatoms. The van der Waals surface area contributed by atoms with E-state index < -0.39 is 0 Å². The largest absolute Gasteiger partial charge is 0.466 e. The third-order valence-corrected chi connectivity index (χ3v) is 2.89. The lowest BCUT2D eigenvalue weighted by Gasteiger charge is -2.16. The lowest BCUT2D eigenvalue weighted by atomic mass is 10.0. The van der Waals surface area contributed by atoms with Crippen molar-refractivity contribution in [2.45, 2.75) is 33.1 Å². The Bertz CT molecular complexity index is 182. The topological polar surface area (TPSA) is 29.5 Å². The number of carbonyl (C=O) groups is 1. The van der Waals surface area contributed by atoms with Gasteiger partial charge in [-0.15, -0.1) is 0 Å².